The van der Waals surface area contributed by atoms with Crippen molar-refractivity contribution in [1.82, 2.24) is 4.98 Å². The predicted molar refractivity (Wildman–Crippen MR) is 86.5 cm³/mol. The minimum Gasteiger partial charge on any atom is -0.493 e. The SMILES string of the molecule is Cc1ccc(-c2ccc(OCC3CCCCC3)cc2)nc1. The summed E-state index contributed by atoms with van der Waals surface area (Å²) in [5, 5.41) is 0. The first-order chi connectivity index (χ1) is 10.3. The molecular formula is C19H23NO. The fourth-order valence-electron chi connectivity index (χ4n) is 2.93. The molecule has 0 unspecified atom stereocenters. The maximum Gasteiger partial charge on any atom is 0.119 e. The normalized spacial score (nSPS) is 15.9. The molecule has 2 aromatic rings. The van der Waals surface area contributed by atoms with Gasteiger partial charge in [0.2, 0.25) is 0 Å². The molecule has 0 radical (unpaired) electrons. The van der Waals surface area contributed by atoms with E-state index in [2.05, 4.69) is 48.3 Å². The lowest BCUT2D eigenvalue weighted by Crippen LogP contribution is -2.15. The van der Waals surface area contributed by atoms with Gasteiger partial charge in [-0.3, -0.25) is 4.98 Å². The summed E-state index contributed by atoms with van der Waals surface area (Å²) in [7, 11) is 0. The summed E-state index contributed by atoms with van der Waals surface area (Å²) in [4.78, 5) is 4.46. The number of aromatic nitrogens is 1. The molecular weight excluding hydrogens is 258 g/mol. The highest BCUT2D eigenvalue weighted by Crippen LogP contribution is 2.25. The Labute approximate surface area is 127 Å². The predicted octanol–water partition coefficient (Wildman–Crippen LogP) is 5.02. The zero-order chi connectivity index (χ0) is 14.5. The first kappa shape index (κ1) is 14.1. The Hall–Kier alpha value is -1.83. The molecule has 0 saturated heterocycles. The number of ether oxygens (including phenoxy) is 1. The number of aryl methyl sites for hydroxylation is 1. The molecule has 0 bridgehead atoms. The molecule has 1 aromatic heterocycles. The first-order valence-electron chi connectivity index (χ1n) is 7.97. The third-order valence-corrected chi connectivity index (χ3v) is 4.27. The van der Waals surface area contributed by atoms with Crippen molar-refractivity contribution in [2.75, 3.05) is 6.61 Å². The van der Waals surface area contributed by atoms with Crippen molar-refractivity contribution in [1.29, 1.82) is 0 Å². The van der Waals surface area contributed by atoms with Crippen molar-refractivity contribution < 1.29 is 4.74 Å². The Morgan fingerprint density at radius 2 is 1.76 bits per heavy atom. The molecule has 0 spiro atoms. The van der Waals surface area contributed by atoms with Crippen LogP contribution in [0.1, 0.15) is 37.7 Å². The molecule has 0 aliphatic heterocycles. The lowest BCUT2D eigenvalue weighted by atomic mass is 9.90. The van der Waals surface area contributed by atoms with Gasteiger partial charge in [0.1, 0.15) is 5.75 Å². The summed E-state index contributed by atoms with van der Waals surface area (Å²) in [5.74, 6) is 1.72. The molecule has 3 rings (SSSR count). The lowest BCUT2D eigenvalue weighted by Gasteiger charge is -2.21. The summed E-state index contributed by atoms with van der Waals surface area (Å²) in [6.45, 7) is 2.92. The number of benzene rings is 1. The van der Waals surface area contributed by atoms with E-state index < -0.39 is 0 Å². The van der Waals surface area contributed by atoms with Crippen LogP contribution in [0.15, 0.2) is 42.6 Å². The van der Waals surface area contributed by atoms with Crippen LogP contribution in [0.5, 0.6) is 5.75 Å². The van der Waals surface area contributed by atoms with Gasteiger partial charge in [0.15, 0.2) is 0 Å². The average Bonchev–Trinajstić information content (AvgIpc) is 2.55. The van der Waals surface area contributed by atoms with Gasteiger partial charge in [0.05, 0.1) is 12.3 Å². The molecule has 0 atom stereocenters. The zero-order valence-corrected chi connectivity index (χ0v) is 12.7. The summed E-state index contributed by atoms with van der Waals surface area (Å²) in [5.41, 5.74) is 3.34. The highest BCUT2D eigenvalue weighted by Gasteiger charge is 2.13. The molecule has 1 fully saturated rings. The van der Waals surface area contributed by atoms with Crippen molar-refractivity contribution in [2.24, 2.45) is 5.92 Å². The van der Waals surface area contributed by atoms with Crippen LogP contribution in [0, 0.1) is 12.8 Å². The van der Waals surface area contributed by atoms with E-state index in [1.807, 2.05) is 6.20 Å². The van der Waals surface area contributed by atoms with Crippen molar-refractivity contribution in [3.8, 4) is 17.0 Å². The van der Waals surface area contributed by atoms with Gasteiger partial charge in [-0.25, -0.2) is 0 Å². The number of rotatable bonds is 4. The van der Waals surface area contributed by atoms with Crippen molar-refractivity contribution in [3.63, 3.8) is 0 Å². The maximum atomic E-state index is 5.94. The molecule has 0 amide bonds. The first-order valence-corrected chi connectivity index (χ1v) is 7.97. The topological polar surface area (TPSA) is 22.1 Å². The molecule has 1 aliphatic carbocycles. The summed E-state index contributed by atoms with van der Waals surface area (Å²) < 4.78 is 5.94. The molecule has 21 heavy (non-hydrogen) atoms. The monoisotopic (exact) mass is 281 g/mol. The molecule has 2 nitrogen and oxygen atoms in total. The van der Waals surface area contributed by atoms with Crippen LogP contribution in [0.25, 0.3) is 11.3 Å². The van der Waals surface area contributed by atoms with Crippen molar-refractivity contribution in [3.05, 3.63) is 48.2 Å². The second kappa shape index (κ2) is 6.75. The van der Waals surface area contributed by atoms with Crippen molar-refractivity contribution >= 4 is 0 Å². The molecule has 1 aromatic carbocycles. The van der Waals surface area contributed by atoms with Gasteiger partial charge in [-0.05, 0) is 61.6 Å². The van der Waals surface area contributed by atoms with Gasteiger partial charge in [-0.2, -0.15) is 0 Å². The number of nitrogens with zero attached hydrogens (tertiary/aromatic N) is 1. The van der Waals surface area contributed by atoms with E-state index >= 15 is 0 Å². The second-order valence-corrected chi connectivity index (χ2v) is 6.06. The summed E-state index contributed by atoms with van der Waals surface area (Å²) in [6, 6.07) is 12.4. The minimum absolute atomic E-state index is 0.747. The molecule has 1 heterocycles. The number of pyridine rings is 1. The minimum atomic E-state index is 0.747. The van der Waals surface area contributed by atoms with Crippen LogP contribution in [-0.4, -0.2) is 11.6 Å². The van der Waals surface area contributed by atoms with Gasteiger partial charge in [0.25, 0.3) is 0 Å². The highest BCUT2D eigenvalue weighted by molar-refractivity contribution is 5.60. The quantitative estimate of drug-likeness (QED) is 0.785. The van der Waals surface area contributed by atoms with E-state index in [1.54, 1.807) is 0 Å². The third-order valence-electron chi connectivity index (χ3n) is 4.27. The smallest absolute Gasteiger partial charge is 0.119 e. The Bertz CT molecular complexity index is 553. The average molecular weight is 281 g/mol. The van der Waals surface area contributed by atoms with Gasteiger partial charge >= 0.3 is 0 Å². The zero-order valence-electron chi connectivity index (χ0n) is 12.7. The maximum absolute atomic E-state index is 5.94. The van der Waals surface area contributed by atoms with Crippen LogP contribution in [0.4, 0.5) is 0 Å². The lowest BCUT2D eigenvalue weighted by molar-refractivity contribution is 0.209. The van der Waals surface area contributed by atoms with Gasteiger partial charge in [-0.15, -0.1) is 0 Å². The molecule has 1 saturated carbocycles. The second-order valence-electron chi connectivity index (χ2n) is 6.06. The summed E-state index contributed by atoms with van der Waals surface area (Å²) in [6.07, 6.45) is 8.69. The Morgan fingerprint density at radius 1 is 1.00 bits per heavy atom. The van der Waals surface area contributed by atoms with Crippen LogP contribution < -0.4 is 4.74 Å². The summed E-state index contributed by atoms with van der Waals surface area (Å²) >= 11 is 0. The van der Waals surface area contributed by atoms with Gasteiger partial charge in [-0.1, -0.05) is 25.3 Å². The molecule has 2 heteroatoms. The fourth-order valence-corrected chi connectivity index (χ4v) is 2.93. The van der Waals surface area contributed by atoms with Crippen LogP contribution in [0.3, 0.4) is 0 Å². The van der Waals surface area contributed by atoms with E-state index in [1.165, 1.54) is 37.7 Å². The number of hydrogen-bond donors (Lipinski definition) is 0. The van der Waals surface area contributed by atoms with Crippen LogP contribution >= 0.6 is 0 Å². The van der Waals surface area contributed by atoms with Crippen molar-refractivity contribution in [2.45, 2.75) is 39.0 Å². The third kappa shape index (κ3) is 3.84. The van der Waals surface area contributed by atoms with E-state index in [9.17, 15) is 0 Å². The van der Waals surface area contributed by atoms with E-state index in [0.717, 1.165) is 29.5 Å². The van der Waals surface area contributed by atoms with Crippen LogP contribution in [0.2, 0.25) is 0 Å². The van der Waals surface area contributed by atoms with E-state index in [-0.39, 0.29) is 0 Å². The van der Waals surface area contributed by atoms with Crippen LogP contribution in [-0.2, 0) is 0 Å². The van der Waals surface area contributed by atoms with Gasteiger partial charge in [0, 0.05) is 11.8 Å². The molecule has 110 valence electrons. The Morgan fingerprint density at radius 3 is 2.43 bits per heavy atom. The Kier molecular flexibility index (Phi) is 4.54. The molecule has 0 N–H and O–H groups in total. The largest absolute Gasteiger partial charge is 0.493 e. The number of hydrogen-bond acceptors (Lipinski definition) is 2. The van der Waals surface area contributed by atoms with Gasteiger partial charge < -0.3 is 4.74 Å². The Balaban J connectivity index is 1.59. The van der Waals surface area contributed by atoms with E-state index in [0.29, 0.717) is 0 Å². The standard InChI is InChI=1S/C19H23NO/c1-15-7-12-19(20-13-15)17-8-10-18(11-9-17)21-14-16-5-3-2-4-6-16/h7-13,16H,2-6,14H2,1H3. The fraction of sp³-hybridized carbons (Fsp3) is 0.421. The molecule has 1 aliphatic rings. The van der Waals surface area contributed by atoms with E-state index in [4.69, 9.17) is 4.74 Å². The highest BCUT2D eigenvalue weighted by atomic mass is 16.5.